The highest BCUT2D eigenvalue weighted by Crippen LogP contribution is 2.26. The first-order chi connectivity index (χ1) is 9.99. The lowest BCUT2D eigenvalue weighted by molar-refractivity contribution is 0.102. The Morgan fingerprint density at radius 2 is 1.95 bits per heavy atom. The van der Waals surface area contributed by atoms with Crippen molar-refractivity contribution in [2.24, 2.45) is 5.92 Å². The Bertz CT molecular complexity index is 673. The van der Waals surface area contributed by atoms with Gasteiger partial charge in [0.05, 0.1) is 8.45 Å². The highest BCUT2D eigenvalue weighted by atomic mass is 127. The minimum Gasteiger partial charge on any atom is -0.321 e. The van der Waals surface area contributed by atoms with E-state index in [4.69, 9.17) is 0 Å². The lowest BCUT2D eigenvalue weighted by Gasteiger charge is -2.12. The van der Waals surface area contributed by atoms with Crippen LogP contribution in [0.3, 0.4) is 0 Å². The molecule has 110 valence electrons. The number of carbonyl (C=O) groups excluding carboxylic acids is 1. The van der Waals surface area contributed by atoms with E-state index in [0.29, 0.717) is 5.92 Å². The number of carbonyl (C=O) groups is 1. The largest absolute Gasteiger partial charge is 0.321 e. The summed E-state index contributed by atoms with van der Waals surface area (Å²) in [7, 11) is 0. The molecule has 0 aliphatic heterocycles. The van der Waals surface area contributed by atoms with Gasteiger partial charge < -0.3 is 5.32 Å². The molecule has 0 spiro atoms. The number of halogens is 1. The molecule has 1 heterocycles. The summed E-state index contributed by atoms with van der Waals surface area (Å²) in [4.78, 5) is 12.4. The third-order valence-corrected chi connectivity index (χ3v) is 5.09. The number of hydrogen-bond donors (Lipinski definition) is 1. The average Bonchev–Trinajstić information content (AvgIpc) is 2.84. The van der Waals surface area contributed by atoms with E-state index in [1.54, 1.807) is 11.3 Å². The van der Waals surface area contributed by atoms with Crippen molar-refractivity contribution in [3.63, 3.8) is 0 Å². The third-order valence-electron chi connectivity index (χ3n) is 3.05. The van der Waals surface area contributed by atoms with Gasteiger partial charge in [0.2, 0.25) is 0 Å². The van der Waals surface area contributed by atoms with Crippen molar-refractivity contribution in [1.29, 1.82) is 0 Å². The number of hydrogen-bond acceptors (Lipinski definition) is 2. The summed E-state index contributed by atoms with van der Waals surface area (Å²) in [6.07, 6.45) is 2.21. The van der Waals surface area contributed by atoms with Crippen molar-refractivity contribution in [3.8, 4) is 0 Å². The van der Waals surface area contributed by atoms with E-state index in [9.17, 15) is 4.79 Å². The Kier molecular flexibility index (Phi) is 5.58. The van der Waals surface area contributed by atoms with Gasteiger partial charge in [-0.3, -0.25) is 4.79 Å². The summed E-state index contributed by atoms with van der Waals surface area (Å²) in [6, 6.07) is 9.80. The Hall–Kier alpha value is -1.14. The molecule has 0 aliphatic rings. The molecule has 2 rings (SSSR count). The van der Waals surface area contributed by atoms with Gasteiger partial charge in [0.15, 0.2) is 0 Å². The van der Waals surface area contributed by atoms with E-state index in [1.165, 1.54) is 5.57 Å². The fraction of sp³-hybridized carbons (Fsp3) is 0.235. The maximum absolute atomic E-state index is 12.4. The highest BCUT2D eigenvalue weighted by Gasteiger charge is 2.13. The number of rotatable bonds is 4. The van der Waals surface area contributed by atoms with Crippen LogP contribution in [0.4, 0.5) is 5.69 Å². The SMILES string of the molecule is C/C(=C\C(C)C)c1ccccc1NC(=O)c1ccsc1I. The fourth-order valence-corrected chi connectivity index (χ4v) is 3.65. The maximum atomic E-state index is 12.4. The van der Waals surface area contributed by atoms with Gasteiger partial charge in [0.25, 0.3) is 5.91 Å². The van der Waals surface area contributed by atoms with Crippen LogP contribution in [0.25, 0.3) is 5.57 Å². The number of amides is 1. The lowest BCUT2D eigenvalue weighted by atomic mass is 10.0. The van der Waals surface area contributed by atoms with Crippen molar-refractivity contribution >= 4 is 51.1 Å². The number of benzene rings is 1. The summed E-state index contributed by atoms with van der Waals surface area (Å²) < 4.78 is 1.01. The minimum absolute atomic E-state index is 0.0505. The Morgan fingerprint density at radius 3 is 2.57 bits per heavy atom. The molecule has 1 aromatic carbocycles. The second-order valence-corrected chi connectivity index (χ2v) is 7.93. The first-order valence-electron chi connectivity index (χ1n) is 6.81. The van der Waals surface area contributed by atoms with Crippen LogP contribution in [-0.4, -0.2) is 5.91 Å². The third kappa shape index (κ3) is 4.17. The molecule has 0 bridgehead atoms. The van der Waals surface area contributed by atoms with Crippen LogP contribution in [0.2, 0.25) is 0 Å². The van der Waals surface area contributed by atoms with Crippen LogP contribution in [0.15, 0.2) is 41.8 Å². The molecule has 2 nitrogen and oxygen atoms in total. The van der Waals surface area contributed by atoms with Gasteiger partial charge in [-0.1, -0.05) is 38.1 Å². The van der Waals surface area contributed by atoms with Gasteiger partial charge >= 0.3 is 0 Å². The smallest absolute Gasteiger partial charge is 0.257 e. The van der Waals surface area contributed by atoms with Gasteiger partial charge in [-0.2, -0.15) is 0 Å². The van der Waals surface area contributed by atoms with Gasteiger partial charge in [-0.25, -0.2) is 0 Å². The number of para-hydroxylation sites is 1. The average molecular weight is 411 g/mol. The van der Waals surface area contributed by atoms with Gasteiger partial charge in [0, 0.05) is 11.3 Å². The first kappa shape index (κ1) is 16.2. The number of thiophene rings is 1. The first-order valence-corrected chi connectivity index (χ1v) is 8.77. The van der Waals surface area contributed by atoms with Crippen molar-refractivity contribution in [1.82, 2.24) is 0 Å². The molecule has 0 unspecified atom stereocenters. The van der Waals surface area contributed by atoms with Gasteiger partial charge in [-0.05, 0) is 58.5 Å². The zero-order chi connectivity index (χ0) is 15.4. The van der Waals surface area contributed by atoms with Crippen molar-refractivity contribution in [3.05, 3.63) is 55.8 Å². The van der Waals surface area contributed by atoms with Crippen molar-refractivity contribution in [2.75, 3.05) is 5.32 Å². The Labute approximate surface area is 143 Å². The minimum atomic E-state index is -0.0505. The molecule has 2 aromatic rings. The number of anilines is 1. The molecule has 0 fully saturated rings. The normalized spacial score (nSPS) is 11.8. The lowest BCUT2D eigenvalue weighted by Crippen LogP contribution is -2.13. The summed E-state index contributed by atoms with van der Waals surface area (Å²) in [5, 5.41) is 4.97. The van der Waals surface area contributed by atoms with E-state index < -0.39 is 0 Å². The van der Waals surface area contributed by atoms with Crippen LogP contribution >= 0.6 is 33.9 Å². The zero-order valence-electron chi connectivity index (χ0n) is 12.3. The van der Waals surface area contributed by atoms with E-state index >= 15 is 0 Å². The maximum Gasteiger partial charge on any atom is 0.257 e. The van der Waals surface area contributed by atoms with Gasteiger partial charge in [0.1, 0.15) is 0 Å². The van der Waals surface area contributed by atoms with E-state index in [2.05, 4.69) is 54.8 Å². The van der Waals surface area contributed by atoms with Crippen LogP contribution in [-0.2, 0) is 0 Å². The molecule has 1 aromatic heterocycles. The molecule has 0 atom stereocenters. The molecular weight excluding hydrogens is 393 g/mol. The summed E-state index contributed by atoms with van der Waals surface area (Å²) in [6.45, 7) is 6.39. The molecule has 0 saturated carbocycles. The second-order valence-electron chi connectivity index (χ2n) is 5.20. The Morgan fingerprint density at radius 1 is 1.24 bits per heavy atom. The summed E-state index contributed by atoms with van der Waals surface area (Å²) in [5.41, 5.74) is 3.85. The molecule has 1 amide bonds. The fourth-order valence-electron chi connectivity index (χ4n) is 2.17. The van der Waals surface area contributed by atoms with E-state index in [1.807, 2.05) is 35.7 Å². The number of allylic oxidation sites excluding steroid dienone is 2. The zero-order valence-corrected chi connectivity index (χ0v) is 15.3. The molecule has 1 N–H and O–H groups in total. The predicted octanol–water partition coefficient (Wildman–Crippen LogP) is 5.66. The second kappa shape index (κ2) is 7.22. The van der Waals surface area contributed by atoms with E-state index in [0.717, 1.165) is 19.7 Å². The molecule has 0 saturated heterocycles. The quantitative estimate of drug-likeness (QED) is 0.646. The Balaban J connectivity index is 2.29. The number of nitrogens with one attached hydrogen (secondary N) is 1. The van der Waals surface area contributed by atoms with Crippen molar-refractivity contribution < 1.29 is 4.79 Å². The highest BCUT2D eigenvalue weighted by molar-refractivity contribution is 14.1. The van der Waals surface area contributed by atoms with Crippen LogP contribution in [0.1, 0.15) is 36.7 Å². The standard InChI is InChI=1S/C17H18INOS/c1-11(2)10-12(3)13-6-4-5-7-15(13)19-17(20)14-8-9-21-16(14)18/h4-11H,1-3H3,(H,19,20)/b12-10+. The van der Waals surface area contributed by atoms with Crippen LogP contribution in [0.5, 0.6) is 0 Å². The molecule has 21 heavy (non-hydrogen) atoms. The van der Waals surface area contributed by atoms with Crippen LogP contribution < -0.4 is 5.32 Å². The molecule has 0 aliphatic carbocycles. The summed E-state index contributed by atoms with van der Waals surface area (Å²) in [5.74, 6) is 0.428. The predicted molar refractivity (Wildman–Crippen MR) is 99.9 cm³/mol. The molecular formula is C17H18INOS. The van der Waals surface area contributed by atoms with Gasteiger partial charge in [-0.15, -0.1) is 11.3 Å². The van der Waals surface area contributed by atoms with Crippen molar-refractivity contribution in [2.45, 2.75) is 20.8 Å². The molecule has 0 radical (unpaired) electrons. The van der Waals surface area contributed by atoms with Crippen LogP contribution in [0, 0.1) is 8.80 Å². The summed E-state index contributed by atoms with van der Waals surface area (Å²) >= 11 is 3.77. The topological polar surface area (TPSA) is 29.1 Å². The monoisotopic (exact) mass is 411 g/mol. The van der Waals surface area contributed by atoms with E-state index in [-0.39, 0.29) is 5.91 Å². The molecule has 4 heteroatoms.